The zero-order chi connectivity index (χ0) is 11.4. The molecule has 86 valence electrons. The van der Waals surface area contributed by atoms with E-state index in [1.807, 2.05) is 18.2 Å². The van der Waals surface area contributed by atoms with E-state index in [9.17, 15) is 4.79 Å². The van der Waals surface area contributed by atoms with Crippen LogP contribution >= 0.6 is 0 Å². The second-order valence-electron chi connectivity index (χ2n) is 3.79. The highest BCUT2D eigenvalue weighted by Gasteiger charge is 2.28. The van der Waals surface area contributed by atoms with Crippen molar-refractivity contribution in [3.63, 3.8) is 0 Å². The fourth-order valence-corrected chi connectivity index (χ4v) is 1.70. The first-order valence-electron chi connectivity index (χ1n) is 5.24. The number of carbonyl (C=O) groups excluding carboxylic acids is 1. The van der Waals surface area contributed by atoms with Gasteiger partial charge in [0, 0.05) is 26.4 Å². The van der Waals surface area contributed by atoms with E-state index in [4.69, 9.17) is 4.74 Å². The molecule has 1 amide bonds. The molecule has 0 bridgehead atoms. The number of rotatable bonds is 4. The lowest BCUT2D eigenvalue weighted by molar-refractivity contribution is -0.125. The normalized spacial score (nSPS) is 15.7. The maximum atomic E-state index is 11.2. The topological polar surface area (TPSA) is 54.5 Å². The second kappa shape index (κ2) is 4.94. The number of methoxy groups -OCH3 is 1. The molecule has 5 heteroatoms. The number of pyridine rings is 1. The summed E-state index contributed by atoms with van der Waals surface area (Å²) in [6, 6.07) is 6.03. The molecule has 1 N–H and O–H groups in total. The summed E-state index contributed by atoms with van der Waals surface area (Å²) in [7, 11) is 1.51. The quantitative estimate of drug-likeness (QED) is 0.779. The molecule has 16 heavy (non-hydrogen) atoms. The molecule has 1 fully saturated rings. The molecule has 1 aromatic rings. The molecule has 1 aliphatic rings. The summed E-state index contributed by atoms with van der Waals surface area (Å²) in [4.78, 5) is 17.6. The number of hydrogen-bond donors (Lipinski definition) is 1. The summed E-state index contributed by atoms with van der Waals surface area (Å²) >= 11 is 0. The average molecular weight is 221 g/mol. The summed E-state index contributed by atoms with van der Waals surface area (Å²) < 4.78 is 4.75. The Morgan fingerprint density at radius 3 is 3.06 bits per heavy atom. The molecule has 2 heterocycles. The Morgan fingerprint density at radius 2 is 2.44 bits per heavy atom. The number of anilines is 1. The van der Waals surface area contributed by atoms with Crippen LogP contribution in [0.4, 0.5) is 5.82 Å². The SMILES string of the molecule is COCC(=O)NC1CN(c2ccccn2)C1. The Bertz CT molecular complexity index is 350. The van der Waals surface area contributed by atoms with Crippen LogP contribution in [0, 0.1) is 0 Å². The first-order chi connectivity index (χ1) is 7.79. The van der Waals surface area contributed by atoms with Gasteiger partial charge < -0.3 is 15.0 Å². The van der Waals surface area contributed by atoms with Gasteiger partial charge in [-0.3, -0.25) is 4.79 Å². The highest BCUT2D eigenvalue weighted by molar-refractivity contribution is 5.77. The summed E-state index contributed by atoms with van der Waals surface area (Å²) in [6.45, 7) is 1.75. The Balaban J connectivity index is 1.76. The lowest BCUT2D eigenvalue weighted by Crippen LogP contribution is -2.60. The molecule has 2 rings (SSSR count). The number of amides is 1. The van der Waals surface area contributed by atoms with Crippen molar-refractivity contribution in [3.8, 4) is 0 Å². The Hall–Kier alpha value is -1.62. The van der Waals surface area contributed by atoms with E-state index in [2.05, 4.69) is 15.2 Å². The number of nitrogens with zero attached hydrogens (tertiary/aromatic N) is 2. The predicted molar refractivity (Wildman–Crippen MR) is 60.3 cm³/mol. The maximum Gasteiger partial charge on any atom is 0.246 e. The third-order valence-electron chi connectivity index (χ3n) is 2.50. The van der Waals surface area contributed by atoms with Crippen molar-refractivity contribution in [2.45, 2.75) is 6.04 Å². The Kier molecular flexibility index (Phi) is 3.36. The molecular formula is C11H15N3O2. The maximum absolute atomic E-state index is 11.2. The number of hydrogen-bond acceptors (Lipinski definition) is 4. The molecule has 5 nitrogen and oxygen atoms in total. The van der Waals surface area contributed by atoms with Gasteiger partial charge in [-0.15, -0.1) is 0 Å². The first kappa shape index (κ1) is 10.9. The van der Waals surface area contributed by atoms with Gasteiger partial charge in [0.05, 0.1) is 6.04 Å². The molecule has 0 radical (unpaired) electrons. The summed E-state index contributed by atoms with van der Waals surface area (Å²) in [6.07, 6.45) is 1.77. The van der Waals surface area contributed by atoms with E-state index in [1.165, 1.54) is 7.11 Å². The van der Waals surface area contributed by atoms with E-state index in [0.29, 0.717) is 0 Å². The van der Waals surface area contributed by atoms with Gasteiger partial charge in [0.25, 0.3) is 0 Å². The molecule has 0 unspecified atom stereocenters. The van der Waals surface area contributed by atoms with Crippen molar-refractivity contribution in [3.05, 3.63) is 24.4 Å². The second-order valence-corrected chi connectivity index (χ2v) is 3.79. The lowest BCUT2D eigenvalue weighted by Gasteiger charge is -2.40. The van der Waals surface area contributed by atoms with Crippen molar-refractivity contribution >= 4 is 11.7 Å². The minimum absolute atomic E-state index is 0.0619. The zero-order valence-corrected chi connectivity index (χ0v) is 9.22. The van der Waals surface area contributed by atoms with Crippen LogP contribution in [0.1, 0.15) is 0 Å². The minimum Gasteiger partial charge on any atom is -0.375 e. The van der Waals surface area contributed by atoms with Gasteiger partial charge in [-0.05, 0) is 12.1 Å². The van der Waals surface area contributed by atoms with Gasteiger partial charge >= 0.3 is 0 Å². The summed E-state index contributed by atoms with van der Waals surface area (Å²) in [5.74, 6) is 0.896. The molecule has 0 spiro atoms. The van der Waals surface area contributed by atoms with Crippen LogP contribution in [0.2, 0.25) is 0 Å². The number of ether oxygens (including phenoxy) is 1. The summed E-state index contributed by atoms with van der Waals surface area (Å²) in [5.41, 5.74) is 0. The Labute approximate surface area is 94.4 Å². The molecule has 0 aromatic carbocycles. The van der Waals surface area contributed by atoms with Crippen molar-refractivity contribution in [1.82, 2.24) is 10.3 Å². The van der Waals surface area contributed by atoms with Gasteiger partial charge in [-0.1, -0.05) is 6.07 Å². The monoisotopic (exact) mass is 221 g/mol. The van der Waals surface area contributed by atoms with Crippen LogP contribution in [0.5, 0.6) is 0 Å². The van der Waals surface area contributed by atoms with Crippen LogP contribution in [0.3, 0.4) is 0 Å². The van der Waals surface area contributed by atoms with E-state index in [-0.39, 0.29) is 18.6 Å². The van der Waals surface area contributed by atoms with Gasteiger partial charge in [0.2, 0.25) is 5.91 Å². The van der Waals surface area contributed by atoms with Crippen LogP contribution in [-0.2, 0) is 9.53 Å². The zero-order valence-electron chi connectivity index (χ0n) is 9.22. The Morgan fingerprint density at radius 1 is 1.62 bits per heavy atom. The van der Waals surface area contributed by atoms with Crippen LogP contribution < -0.4 is 10.2 Å². The fourth-order valence-electron chi connectivity index (χ4n) is 1.70. The first-order valence-corrected chi connectivity index (χ1v) is 5.24. The van der Waals surface area contributed by atoms with Gasteiger partial charge in [-0.2, -0.15) is 0 Å². The molecule has 0 aliphatic carbocycles. The van der Waals surface area contributed by atoms with Crippen LogP contribution in [-0.4, -0.2) is 43.7 Å². The third-order valence-corrected chi connectivity index (χ3v) is 2.50. The van der Waals surface area contributed by atoms with E-state index in [0.717, 1.165) is 18.9 Å². The highest BCUT2D eigenvalue weighted by Crippen LogP contribution is 2.17. The molecule has 0 atom stereocenters. The average Bonchev–Trinajstić information content (AvgIpc) is 2.24. The molecule has 0 saturated carbocycles. The lowest BCUT2D eigenvalue weighted by atomic mass is 10.1. The molecule has 1 saturated heterocycles. The van der Waals surface area contributed by atoms with Crippen molar-refractivity contribution in [2.24, 2.45) is 0 Å². The molecule has 1 aliphatic heterocycles. The van der Waals surface area contributed by atoms with E-state index in [1.54, 1.807) is 6.20 Å². The smallest absolute Gasteiger partial charge is 0.246 e. The van der Waals surface area contributed by atoms with E-state index < -0.39 is 0 Å². The van der Waals surface area contributed by atoms with Gasteiger partial charge in [-0.25, -0.2) is 4.98 Å². The number of nitrogens with one attached hydrogen (secondary N) is 1. The molecule has 1 aromatic heterocycles. The van der Waals surface area contributed by atoms with Gasteiger partial charge in [0.1, 0.15) is 12.4 Å². The van der Waals surface area contributed by atoms with Crippen molar-refractivity contribution in [2.75, 3.05) is 31.7 Å². The largest absolute Gasteiger partial charge is 0.375 e. The number of aromatic nitrogens is 1. The molecular weight excluding hydrogens is 206 g/mol. The number of carbonyl (C=O) groups is 1. The van der Waals surface area contributed by atoms with Crippen molar-refractivity contribution in [1.29, 1.82) is 0 Å². The predicted octanol–water partition coefficient (Wildman–Crippen LogP) is 0.0328. The summed E-state index contributed by atoms with van der Waals surface area (Å²) in [5, 5.41) is 2.88. The standard InChI is InChI=1S/C11H15N3O2/c1-16-8-11(15)13-9-6-14(7-9)10-4-2-3-5-12-10/h2-5,9H,6-8H2,1H3,(H,13,15). The van der Waals surface area contributed by atoms with Gasteiger partial charge in [0.15, 0.2) is 0 Å². The van der Waals surface area contributed by atoms with Crippen molar-refractivity contribution < 1.29 is 9.53 Å². The third kappa shape index (κ3) is 2.49. The van der Waals surface area contributed by atoms with E-state index >= 15 is 0 Å². The minimum atomic E-state index is -0.0619. The van der Waals surface area contributed by atoms with Crippen LogP contribution in [0.15, 0.2) is 24.4 Å². The fraction of sp³-hybridized carbons (Fsp3) is 0.455. The highest BCUT2D eigenvalue weighted by atomic mass is 16.5. The van der Waals surface area contributed by atoms with Crippen LogP contribution in [0.25, 0.3) is 0 Å².